The monoisotopic (exact) mass is 509 g/mol. The lowest BCUT2D eigenvalue weighted by Crippen LogP contribution is -2.25. The maximum absolute atomic E-state index is 13.0. The number of carbonyl (C=O) groups excluding carboxylic acids is 1. The Hall–Kier alpha value is -3.32. The van der Waals surface area contributed by atoms with Crippen LogP contribution in [0.3, 0.4) is 0 Å². The summed E-state index contributed by atoms with van der Waals surface area (Å²) in [7, 11) is 0. The van der Waals surface area contributed by atoms with Crippen molar-refractivity contribution in [2.24, 2.45) is 5.92 Å². The number of carbonyl (C=O) groups is 2. The summed E-state index contributed by atoms with van der Waals surface area (Å²) < 4.78 is 18.1. The molecular weight excluding hydrogens is 477 g/mol. The number of benzene rings is 3. The van der Waals surface area contributed by atoms with Gasteiger partial charge in [0.05, 0.1) is 6.42 Å². The molecule has 2 N–H and O–H groups in total. The average molecular weight is 510 g/mol. The van der Waals surface area contributed by atoms with Crippen LogP contribution in [-0.2, 0) is 4.79 Å². The third-order valence-electron chi connectivity index (χ3n) is 5.47. The number of ether oxygens (including phenoxy) is 1. The lowest BCUT2D eigenvalue weighted by atomic mass is 10.0. The summed E-state index contributed by atoms with van der Waals surface area (Å²) in [5.41, 5.74) is 3.75. The van der Waals surface area contributed by atoms with E-state index in [0.29, 0.717) is 17.2 Å². The molecule has 0 heterocycles. The molecule has 36 heavy (non-hydrogen) atoms. The van der Waals surface area contributed by atoms with Gasteiger partial charge in [0, 0.05) is 29.2 Å². The van der Waals surface area contributed by atoms with E-state index >= 15 is 0 Å². The molecule has 0 aliphatic heterocycles. The highest BCUT2D eigenvalue weighted by molar-refractivity contribution is 7.99. The summed E-state index contributed by atoms with van der Waals surface area (Å²) in [6.45, 7) is 5.84. The van der Waals surface area contributed by atoms with Crippen molar-refractivity contribution >= 4 is 23.6 Å². The Morgan fingerprint density at radius 3 is 2.03 bits per heavy atom. The van der Waals surface area contributed by atoms with Gasteiger partial charge < -0.3 is 15.2 Å². The first-order chi connectivity index (χ1) is 17.2. The molecule has 7 heteroatoms. The fourth-order valence-electron chi connectivity index (χ4n) is 3.72. The molecule has 3 aromatic carbocycles. The molecule has 190 valence electrons. The van der Waals surface area contributed by atoms with Crippen LogP contribution in [0.4, 0.5) is 4.39 Å². The van der Waals surface area contributed by atoms with Crippen LogP contribution in [0.2, 0.25) is 0 Å². The number of hydrogen-bond donors (Lipinski definition) is 2. The van der Waals surface area contributed by atoms with Crippen LogP contribution in [0.5, 0.6) is 5.75 Å². The van der Waals surface area contributed by atoms with Gasteiger partial charge in [0.25, 0.3) is 5.91 Å². The number of carboxylic acids is 1. The number of thioether (sulfide) groups is 1. The topological polar surface area (TPSA) is 75.6 Å². The number of alkyl halides is 1. The number of carboxylic acid groups (broad SMARTS) is 1. The van der Waals surface area contributed by atoms with Crippen LogP contribution < -0.4 is 10.1 Å². The van der Waals surface area contributed by atoms with E-state index in [1.165, 1.54) is 6.92 Å². The standard InChI is InChI=1S/C29H32FNO4S/c1-19(2)18-27(23-4-6-24(7-5-23)29(34)31-17-16-28(32)33)36-26-14-10-22(11-15-26)21-8-12-25(13-9-21)35-20(3)30/h4-15,19-20,27H,16-18H2,1-3H3,(H,31,34)(H,32,33). The second-order valence-electron chi connectivity index (χ2n) is 8.97. The van der Waals surface area contributed by atoms with E-state index in [-0.39, 0.29) is 24.1 Å². The van der Waals surface area contributed by atoms with E-state index < -0.39 is 12.3 Å². The predicted octanol–water partition coefficient (Wildman–Crippen LogP) is 7.13. The normalized spacial score (nSPS) is 12.7. The highest BCUT2D eigenvalue weighted by Crippen LogP contribution is 2.40. The highest BCUT2D eigenvalue weighted by atomic mass is 32.2. The van der Waals surface area contributed by atoms with Crippen LogP contribution in [-0.4, -0.2) is 29.9 Å². The van der Waals surface area contributed by atoms with E-state index in [1.807, 2.05) is 24.3 Å². The van der Waals surface area contributed by atoms with Gasteiger partial charge >= 0.3 is 5.97 Å². The van der Waals surface area contributed by atoms with Crippen LogP contribution in [0.25, 0.3) is 11.1 Å². The fourth-order valence-corrected chi connectivity index (χ4v) is 5.11. The summed E-state index contributed by atoms with van der Waals surface area (Å²) >= 11 is 1.79. The summed E-state index contributed by atoms with van der Waals surface area (Å²) in [5.74, 6) is -0.219. The average Bonchev–Trinajstić information content (AvgIpc) is 2.84. The van der Waals surface area contributed by atoms with Gasteiger partial charge in [0.2, 0.25) is 6.36 Å². The molecule has 3 rings (SSSR count). The smallest absolute Gasteiger partial charge is 0.305 e. The van der Waals surface area contributed by atoms with E-state index in [1.54, 1.807) is 36.0 Å². The summed E-state index contributed by atoms with van der Waals surface area (Å²) in [5, 5.41) is 11.6. The molecule has 3 aromatic rings. The maximum atomic E-state index is 13.0. The van der Waals surface area contributed by atoms with Crippen molar-refractivity contribution < 1.29 is 23.8 Å². The molecule has 0 bridgehead atoms. The highest BCUT2D eigenvalue weighted by Gasteiger charge is 2.16. The molecule has 0 saturated carbocycles. The zero-order valence-electron chi connectivity index (χ0n) is 20.7. The van der Waals surface area contributed by atoms with E-state index in [4.69, 9.17) is 9.84 Å². The van der Waals surface area contributed by atoms with Crippen molar-refractivity contribution in [3.63, 3.8) is 0 Å². The second kappa shape index (κ2) is 13.1. The van der Waals surface area contributed by atoms with Crippen molar-refractivity contribution in [3.8, 4) is 16.9 Å². The minimum absolute atomic E-state index is 0.103. The Morgan fingerprint density at radius 1 is 0.917 bits per heavy atom. The third kappa shape index (κ3) is 8.41. The zero-order chi connectivity index (χ0) is 26.1. The minimum atomic E-state index is -1.34. The largest absolute Gasteiger partial charge is 0.481 e. The first-order valence-electron chi connectivity index (χ1n) is 12.0. The second-order valence-corrected chi connectivity index (χ2v) is 10.2. The first kappa shape index (κ1) is 27.3. The molecule has 0 aliphatic rings. The number of nitrogens with one attached hydrogen (secondary N) is 1. The quantitative estimate of drug-likeness (QED) is 0.254. The van der Waals surface area contributed by atoms with Gasteiger partial charge in [-0.1, -0.05) is 50.2 Å². The number of halogens is 1. The van der Waals surface area contributed by atoms with Crippen molar-refractivity contribution in [2.75, 3.05) is 6.54 Å². The van der Waals surface area contributed by atoms with Crippen molar-refractivity contribution in [2.45, 2.75) is 50.1 Å². The summed E-state index contributed by atoms with van der Waals surface area (Å²) in [4.78, 5) is 24.0. The predicted molar refractivity (Wildman–Crippen MR) is 142 cm³/mol. The van der Waals surface area contributed by atoms with Crippen LogP contribution in [0.15, 0.2) is 77.7 Å². The fraction of sp³-hybridized carbons (Fsp3) is 0.310. The lowest BCUT2D eigenvalue weighted by molar-refractivity contribution is -0.136. The van der Waals surface area contributed by atoms with E-state index in [2.05, 4.69) is 43.4 Å². The van der Waals surface area contributed by atoms with Gasteiger partial charge in [0.1, 0.15) is 5.75 Å². The van der Waals surface area contributed by atoms with Crippen molar-refractivity contribution in [1.29, 1.82) is 0 Å². The van der Waals surface area contributed by atoms with E-state index in [0.717, 1.165) is 28.0 Å². The molecule has 0 fully saturated rings. The van der Waals surface area contributed by atoms with Crippen LogP contribution >= 0.6 is 11.8 Å². The molecule has 0 saturated heterocycles. The molecule has 0 spiro atoms. The Balaban J connectivity index is 1.68. The summed E-state index contributed by atoms with van der Waals surface area (Å²) in [6.07, 6.45) is -0.470. The number of aliphatic carboxylic acids is 1. The molecule has 2 unspecified atom stereocenters. The minimum Gasteiger partial charge on any atom is -0.481 e. The van der Waals surface area contributed by atoms with Crippen LogP contribution in [0, 0.1) is 5.92 Å². The van der Waals surface area contributed by atoms with Gasteiger partial charge in [0.15, 0.2) is 0 Å². The number of hydrogen-bond acceptors (Lipinski definition) is 4. The Morgan fingerprint density at radius 2 is 1.50 bits per heavy atom. The zero-order valence-corrected chi connectivity index (χ0v) is 21.6. The molecule has 2 atom stereocenters. The number of amides is 1. The van der Waals surface area contributed by atoms with Crippen LogP contribution in [0.1, 0.15) is 54.8 Å². The van der Waals surface area contributed by atoms with Gasteiger partial charge in [-0.05, 0) is 65.4 Å². The van der Waals surface area contributed by atoms with Gasteiger partial charge in [-0.3, -0.25) is 9.59 Å². The first-order valence-corrected chi connectivity index (χ1v) is 12.9. The Labute approximate surface area is 216 Å². The molecule has 1 amide bonds. The van der Waals surface area contributed by atoms with Gasteiger partial charge in [-0.2, -0.15) is 0 Å². The Bertz CT molecular complexity index is 1130. The Kier molecular flexibility index (Phi) is 9.94. The third-order valence-corrected chi connectivity index (χ3v) is 6.77. The molecule has 0 aromatic heterocycles. The van der Waals surface area contributed by atoms with Crippen molar-refractivity contribution in [3.05, 3.63) is 83.9 Å². The number of rotatable bonds is 12. The van der Waals surface area contributed by atoms with Gasteiger partial charge in [-0.15, -0.1) is 11.8 Å². The summed E-state index contributed by atoms with van der Waals surface area (Å²) in [6, 6.07) is 23.3. The lowest BCUT2D eigenvalue weighted by Gasteiger charge is -2.20. The van der Waals surface area contributed by atoms with Gasteiger partial charge in [-0.25, -0.2) is 4.39 Å². The van der Waals surface area contributed by atoms with E-state index in [9.17, 15) is 14.0 Å². The molecular formula is C29H32FNO4S. The molecule has 5 nitrogen and oxygen atoms in total. The van der Waals surface area contributed by atoms with Crippen molar-refractivity contribution in [1.82, 2.24) is 5.32 Å². The maximum Gasteiger partial charge on any atom is 0.305 e. The molecule has 0 radical (unpaired) electrons. The SMILES string of the molecule is CC(C)CC(Sc1ccc(-c2ccc(OC(C)F)cc2)cc1)c1ccc(C(=O)NCCC(=O)O)cc1. The molecule has 0 aliphatic carbocycles.